The van der Waals surface area contributed by atoms with E-state index in [4.69, 9.17) is 21.0 Å². The highest BCUT2D eigenvalue weighted by Gasteiger charge is 2.30. The largest absolute Gasteiger partial charge is 0.340 e. The molecule has 0 atom stereocenters. The quantitative estimate of drug-likeness (QED) is 0.733. The van der Waals surface area contributed by atoms with Crippen LogP contribution in [0.2, 0.25) is 5.02 Å². The Morgan fingerprint density at radius 3 is 2.58 bits per heavy atom. The number of aryl methyl sites for hydroxylation is 1. The molecule has 1 heterocycles. The molecule has 0 bridgehead atoms. The number of carbonyl (C=O) groups excluding carboxylic acids is 1. The van der Waals surface area contributed by atoms with Gasteiger partial charge in [0.25, 0.3) is 15.9 Å². The SMILES string of the molecule is CON(C)S(=O)(=O)c1cc(C(=O)NC(C)(C)c2noc(C)n2)ccc1Cl. The first-order chi connectivity index (χ1) is 12.0. The van der Waals surface area contributed by atoms with Crippen molar-refractivity contribution in [3.8, 4) is 0 Å². The van der Waals surface area contributed by atoms with Crippen LogP contribution in [0, 0.1) is 6.92 Å². The fourth-order valence-corrected chi connectivity index (χ4v) is 3.52. The van der Waals surface area contributed by atoms with Crippen LogP contribution >= 0.6 is 11.6 Å². The third kappa shape index (κ3) is 4.04. The van der Waals surface area contributed by atoms with Gasteiger partial charge in [0.05, 0.1) is 17.7 Å². The van der Waals surface area contributed by atoms with Crippen molar-refractivity contribution in [2.45, 2.75) is 31.2 Å². The van der Waals surface area contributed by atoms with Gasteiger partial charge in [0, 0.05) is 19.5 Å². The molecule has 0 fully saturated rings. The van der Waals surface area contributed by atoms with Gasteiger partial charge < -0.3 is 9.84 Å². The number of halogens is 1. The van der Waals surface area contributed by atoms with Gasteiger partial charge in [-0.05, 0) is 32.0 Å². The zero-order valence-corrected chi connectivity index (χ0v) is 16.5. The van der Waals surface area contributed by atoms with E-state index in [1.54, 1.807) is 20.8 Å². The molecule has 0 spiro atoms. The third-order valence-corrected chi connectivity index (χ3v) is 5.74. The number of sulfonamides is 1. The number of hydrogen-bond acceptors (Lipinski definition) is 7. The summed E-state index contributed by atoms with van der Waals surface area (Å²) in [5, 5.41) is 6.51. The van der Waals surface area contributed by atoms with E-state index < -0.39 is 21.5 Å². The van der Waals surface area contributed by atoms with Gasteiger partial charge >= 0.3 is 0 Å². The van der Waals surface area contributed by atoms with E-state index in [0.717, 1.165) is 0 Å². The molecular weight excluding hydrogens is 384 g/mol. The van der Waals surface area contributed by atoms with Crippen molar-refractivity contribution < 1.29 is 22.6 Å². The van der Waals surface area contributed by atoms with Crippen molar-refractivity contribution >= 4 is 27.5 Å². The number of amides is 1. The van der Waals surface area contributed by atoms with Crippen LogP contribution in [0.1, 0.15) is 35.9 Å². The molecule has 1 amide bonds. The number of carbonyl (C=O) groups is 1. The molecule has 1 aromatic heterocycles. The van der Waals surface area contributed by atoms with E-state index >= 15 is 0 Å². The van der Waals surface area contributed by atoms with Crippen LogP contribution < -0.4 is 5.32 Å². The fourth-order valence-electron chi connectivity index (χ4n) is 2.04. The molecular formula is C15H19ClN4O5S. The number of nitrogens with zero attached hydrogens (tertiary/aromatic N) is 3. The van der Waals surface area contributed by atoms with Gasteiger partial charge in [-0.1, -0.05) is 21.2 Å². The lowest BCUT2D eigenvalue weighted by atomic mass is 10.0. The Morgan fingerprint density at radius 2 is 2.04 bits per heavy atom. The van der Waals surface area contributed by atoms with Gasteiger partial charge in [0.15, 0.2) is 5.82 Å². The summed E-state index contributed by atoms with van der Waals surface area (Å²) in [6.45, 7) is 5.03. The highest BCUT2D eigenvalue weighted by molar-refractivity contribution is 7.89. The van der Waals surface area contributed by atoms with Gasteiger partial charge in [-0.25, -0.2) is 8.42 Å². The van der Waals surface area contributed by atoms with Crippen molar-refractivity contribution in [1.82, 2.24) is 19.9 Å². The summed E-state index contributed by atoms with van der Waals surface area (Å²) in [5.74, 6) is 0.139. The Balaban J connectivity index is 2.35. The lowest BCUT2D eigenvalue weighted by Crippen LogP contribution is -2.42. The van der Waals surface area contributed by atoms with E-state index in [1.165, 1.54) is 32.4 Å². The van der Waals surface area contributed by atoms with Crippen LogP contribution in [-0.4, -0.2) is 43.1 Å². The second-order valence-corrected chi connectivity index (χ2v) is 8.27. The van der Waals surface area contributed by atoms with Crippen LogP contribution in [0.5, 0.6) is 0 Å². The predicted octanol–water partition coefficient (Wildman–Crippen LogP) is 1.88. The van der Waals surface area contributed by atoms with Crippen LogP contribution in [0.4, 0.5) is 0 Å². The second kappa shape index (κ2) is 7.31. The molecule has 0 radical (unpaired) electrons. The number of aromatic nitrogens is 2. The van der Waals surface area contributed by atoms with Crippen LogP contribution in [0.25, 0.3) is 0 Å². The van der Waals surface area contributed by atoms with Crippen molar-refractivity contribution in [3.63, 3.8) is 0 Å². The lowest BCUT2D eigenvalue weighted by Gasteiger charge is -2.22. The minimum Gasteiger partial charge on any atom is -0.340 e. The van der Waals surface area contributed by atoms with Crippen molar-refractivity contribution in [2.75, 3.05) is 14.2 Å². The third-order valence-electron chi connectivity index (χ3n) is 3.58. The molecule has 0 aliphatic heterocycles. The second-order valence-electron chi connectivity index (χ2n) is 5.96. The summed E-state index contributed by atoms with van der Waals surface area (Å²) in [6.07, 6.45) is 0. The summed E-state index contributed by atoms with van der Waals surface area (Å²) in [7, 11) is -1.58. The predicted molar refractivity (Wildman–Crippen MR) is 92.9 cm³/mol. The first kappa shape index (κ1) is 20.3. The molecule has 1 aromatic carbocycles. The van der Waals surface area contributed by atoms with E-state index in [0.29, 0.717) is 16.2 Å². The Bertz CT molecular complexity index is 926. The maximum atomic E-state index is 12.6. The molecule has 0 saturated carbocycles. The molecule has 1 N–H and O–H groups in total. The zero-order valence-electron chi connectivity index (χ0n) is 14.9. The summed E-state index contributed by atoms with van der Waals surface area (Å²) in [4.78, 5) is 21.2. The molecule has 2 rings (SSSR count). The van der Waals surface area contributed by atoms with E-state index in [1.807, 2.05) is 0 Å². The number of hydrogen-bond donors (Lipinski definition) is 1. The highest BCUT2D eigenvalue weighted by Crippen LogP contribution is 2.26. The Morgan fingerprint density at radius 1 is 1.38 bits per heavy atom. The van der Waals surface area contributed by atoms with Gasteiger partial charge in [0.1, 0.15) is 4.90 Å². The summed E-state index contributed by atoms with van der Waals surface area (Å²) < 4.78 is 30.4. The molecule has 142 valence electrons. The smallest absolute Gasteiger partial charge is 0.266 e. The number of hydroxylamine groups is 1. The first-order valence-corrected chi connectivity index (χ1v) is 9.26. The van der Waals surface area contributed by atoms with Crippen LogP contribution in [-0.2, 0) is 20.4 Å². The van der Waals surface area contributed by atoms with E-state index in [2.05, 4.69) is 15.5 Å². The maximum Gasteiger partial charge on any atom is 0.266 e. The Labute approximate surface area is 156 Å². The van der Waals surface area contributed by atoms with Crippen LogP contribution in [0.3, 0.4) is 0 Å². The standard InChI is InChI=1S/C15H19ClN4O5S/c1-9-17-14(19-25-9)15(2,3)18-13(21)10-6-7-11(16)12(8-10)26(22,23)20(4)24-5/h6-8H,1-5H3,(H,18,21). The lowest BCUT2D eigenvalue weighted by molar-refractivity contribution is -0.0258. The highest BCUT2D eigenvalue weighted by atomic mass is 35.5. The van der Waals surface area contributed by atoms with Crippen molar-refractivity contribution in [2.24, 2.45) is 0 Å². The molecule has 26 heavy (non-hydrogen) atoms. The van der Waals surface area contributed by atoms with Gasteiger partial charge in [-0.3, -0.25) is 9.63 Å². The van der Waals surface area contributed by atoms with Gasteiger partial charge in [0.2, 0.25) is 5.89 Å². The number of nitrogens with one attached hydrogen (secondary N) is 1. The normalized spacial score (nSPS) is 12.4. The topological polar surface area (TPSA) is 115 Å². The molecule has 0 aliphatic carbocycles. The molecule has 2 aromatic rings. The summed E-state index contributed by atoms with van der Waals surface area (Å²) in [6, 6.07) is 3.93. The summed E-state index contributed by atoms with van der Waals surface area (Å²) >= 11 is 5.99. The molecule has 0 unspecified atom stereocenters. The first-order valence-electron chi connectivity index (χ1n) is 7.45. The van der Waals surface area contributed by atoms with Crippen molar-refractivity contribution in [1.29, 1.82) is 0 Å². The molecule has 0 aliphatic rings. The number of benzene rings is 1. The van der Waals surface area contributed by atoms with Gasteiger partial charge in [-0.15, -0.1) is 0 Å². The van der Waals surface area contributed by atoms with Crippen molar-refractivity contribution in [3.05, 3.63) is 40.5 Å². The fraction of sp³-hybridized carbons (Fsp3) is 0.400. The Kier molecular flexibility index (Phi) is 5.71. The van der Waals surface area contributed by atoms with Crippen LogP contribution in [0.15, 0.2) is 27.6 Å². The van der Waals surface area contributed by atoms with E-state index in [-0.39, 0.29) is 15.5 Å². The minimum absolute atomic E-state index is 0.0292. The van der Waals surface area contributed by atoms with Gasteiger partial charge in [-0.2, -0.15) is 4.98 Å². The Hall–Kier alpha value is -2.01. The monoisotopic (exact) mass is 402 g/mol. The zero-order chi connectivity index (χ0) is 19.7. The maximum absolute atomic E-state index is 12.6. The molecule has 9 nitrogen and oxygen atoms in total. The minimum atomic E-state index is -4.01. The molecule has 11 heteroatoms. The summed E-state index contributed by atoms with van der Waals surface area (Å²) in [5.41, 5.74) is -0.831. The van der Waals surface area contributed by atoms with E-state index in [9.17, 15) is 13.2 Å². The average Bonchev–Trinajstić information content (AvgIpc) is 3.01. The molecule has 0 saturated heterocycles. The average molecular weight is 403 g/mol. The number of rotatable bonds is 6.